The maximum absolute atomic E-state index is 13.1. The Labute approximate surface area is 125 Å². The van der Waals surface area contributed by atoms with E-state index in [4.69, 9.17) is 0 Å². The van der Waals surface area contributed by atoms with Gasteiger partial charge in [-0.15, -0.1) is 0 Å². The average Bonchev–Trinajstić information content (AvgIpc) is 2.36. The molecule has 4 nitrogen and oxygen atoms in total. The van der Waals surface area contributed by atoms with Crippen LogP contribution in [0.3, 0.4) is 0 Å². The van der Waals surface area contributed by atoms with Crippen LogP contribution >= 0.6 is 31.9 Å². The van der Waals surface area contributed by atoms with E-state index in [1.54, 1.807) is 12.1 Å². The number of halogens is 3. The summed E-state index contributed by atoms with van der Waals surface area (Å²) < 4.78 is 14.0. The molecule has 0 unspecified atom stereocenters. The molecular formula is C12H7Br2FN2O2. The summed E-state index contributed by atoms with van der Waals surface area (Å²) in [6.07, 6.45) is 0. The third kappa shape index (κ3) is 3.30. The van der Waals surface area contributed by atoms with E-state index in [1.807, 2.05) is 0 Å². The second-order valence-electron chi connectivity index (χ2n) is 3.67. The second-order valence-corrected chi connectivity index (χ2v) is 5.44. The monoisotopic (exact) mass is 388 g/mol. The van der Waals surface area contributed by atoms with E-state index >= 15 is 0 Å². The van der Waals surface area contributed by atoms with Crippen LogP contribution in [0.1, 0.15) is 0 Å². The quantitative estimate of drug-likeness (QED) is 0.593. The number of rotatable bonds is 3. The van der Waals surface area contributed by atoms with Gasteiger partial charge in [0.2, 0.25) is 0 Å². The molecule has 0 amide bonds. The highest BCUT2D eigenvalue weighted by atomic mass is 79.9. The van der Waals surface area contributed by atoms with Crippen LogP contribution < -0.4 is 5.32 Å². The fourth-order valence-corrected chi connectivity index (χ4v) is 2.22. The van der Waals surface area contributed by atoms with E-state index in [0.29, 0.717) is 15.8 Å². The molecule has 0 saturated carbocycles. The number of benzene rings is 2. The molecule has 1 N–H and O–H groups in total. The molecule has 19 heavy (non-hydrogen) atoms. The third-order valence-corrected chi connectivity index (χ3v) is 3.46. The summed E-state index contributed by atoms with van der Waals surface area (Å²) in [4.78, 5) is 10.5. The van der Waals surface area contributed by atoms with Gasteiger partial charge in [0.15, 0.2) is 0 Å². The van der Waals surface area contributed by atoms with Crippen molar-refractivity contribution < 1.29 is 9.31 Å². The third-order valence-electron chi connectivity index (χ3n) is 2.36. The number of nitrogens with zero attached hydrogens (tertiary/aromatic N) is 1. The lowest BCUT2D eigenvalue weighted by Gasteiger charge is -2.08. The highest BCUT2D eigenvalue weighted by Gasteiger charge is 2.14. The molecule has 0 bridgehead atoms. The average molecular weight is 390 g/mol. The van der Waals surface area contributed by atoms with Crippen molar-refractivity contribution in [3.8, 4) is 0 Å². The molecule has 0 radical (unpaired) electrons. The van der Waals surface area contributed by atoms with Gasteiger partial charge >= 0.3 is 0 Å². The van der Waals surface area contributed by atoms with Gasteiger partial charge in [0.1, 0.15) is 11.5 Å². The lowest BCUT2D eigenvalue weighted by Crippen LogP contribution is -1.97. The molecule has 0 aliphatic carbocycles. The predicted octanol–water partition coefficient (Wildman–Crippen LogP) is 5.00. The van der Waals surface area contributed by atoms with Gasteiger partial charge in [-0.25, -0.2) is 4.39 Å². The molecule has 0 heterocycles. The van der Waals surface area contributed by atoms with Gasteiger partial charge < -0.3 is 5.32 Å². The number of hydrogen-bond acceptors (Lipinski definition) is 3. The van der Waals surface area contributed by atoms with Gasteiger partial charge in [0.25, 0.3) is 5.69 Å². The molecular weight excluding hydrogens is 383 g/mol. The number of hydrogen-bond donors (Lipinski definition) is 1. The van der Waals surface area contributed by atoms with E-state index in [1.165, 1.54) is 24.3 Å². The minimum atomic E-state index is -0.480. The van der Waals surface area contributed by atoms with E-state index in [9.17, 15) is 14.5 Å². The first kappa shape index (κ1) is 14.0. The molecule has 0 aliphatic rings. The Morgan fingerprint density at radius 1 is 1.16 bits per heavy atom. The highest BCUT2D eigenvalue weighted by Crippen LogP contribution is 2.31. The number of anilines is 2. The Morgan fingerprint density at radius 2 is 1.89 bits per heavy atom. The van der Waals surface area contributed by atoms with Crippen molar-refractivity contribution in [2.24, 2.45) is 0 Å². The minimum absolute atomic E-state index is 0.0603. The van der Waals surface area contributed by atoms with Crippen LogP contribution in [0, 0.1) is 15.9 Å². The smallest absolute Gasteiger partial charge is 0.293 e. The van der Waals surface area contributed by atoms with Crippen LogP contribution in [-0.2, 0) is 0 Å². The predicted molar refractivity (Wildman–Crippen MR) is 78.2 cm³/mol. The maximum Gasteiger partial charge on any atom is 0.293 e. The summed E-state index contributed by atoms with van der Waals surface area (Å²) in [5.41, 5.74) is 0.834. The molecule has 98 valence electrons. The van der Waals surface area contributed by atoms with Gasteiger partial charge in [0.05, 0.1) is 9.40 Å². The molecule has 7 heteroatoms. The van der Waals surface area contributed by atoms with Gasteiger partial charge in [-0.3, -0.25) is 10.1 Å². The van der Waals surface area contributed by atoms with E-state index in [2.05, 4.69) is 37.2 Å². The van der Waals surface area contributed by atoms with E-state index < -0.39 is 10.7 Å². The van der Waals surface area contributed by atoms with Crippen LogP contribution in [0.5, 0.6) is 0 Å². The van der Waals surface area contributed by atoms with Crippen LogP contribution in [0.25, 0.3) is 0 Å². The summed E-state index contributed by atoms with van der Waals surface area (Å²) in [7, 11) is 0. The molecule has 0 saturated heterocycles. The molecule has 0 atom stereocenters. The van der Waals surface area contributed by atoms with Crippen molar-refractivity contribution in [3.63, 3.8) is 0 Å². The van der Waals surface area contributed by atoms with E-state index in [-0.39, 0.29) is 10.2 Å². The van der Waals surface area contributed by atoms with Crippen LogP contribution in [-0.4, -0.2) is 4.92 Å². The van der Waals surface area contributed by atoms with Crippen molar-refractivity contribution in [2.45, 2.75) is 0 Å². The first-order chi connectivity index (χ1) is 8.97. The summed E-state index contributed by atoms with van der Waals surface area (Å²) >= 11 is 6.24. The zero-order chi connectivity index (χ0) is 14.0. The van der Waals surface area contributed by atoms with Crippen molar-refractivity contribution in [2.75, 3.05) is 5.32 Å². The van der Waals surface area contributed by atoms with Crippen molar-refractivity contribution >= 4 is 48.9 Å². The topological polar surface area (TPSA) is 55.2 Å². The van der Waals surface area contributed by atoms with Gasteiger partial charge in [-0.05, 0) is 46.3 Å². The Bertz CT molecular complexity index is 650. The molecule has 0 fully saturated rings. The lowest BCUT2D eigenvalue weighted by molar-refractivity contribution is -0.384. The SMILES string of the molecule is O=[N+]([O-])c1cc(Br)ccc1Nc1ccc(F)c(Br)c1. The zero-order valence-electron chi connectivity index (χ0n) is 9.36. The van der Waals surface area contributed by atoms with Gasteiger partial charge in [-0.1, -0.05) is 15.9 Å². The summed E-state index contributed by atoms with van der Waals surface area (Å²) in [6, 6.07) is 8.97. The number of nitrogens with one attached hydrogen (secondary N) is 1. The fourth-order valence-electron chi connectivity index (χ4n) is 1.49. The molecule has 0 aliphatic heterocycles. The number of nitro benzene ring substituents is 1. The standard InChI is InChI=1S/C12H7Br2FN2O2/c13-7-1-4-11(12(5-7)17(18)19)16-8-2-3-10(15)9(14)6-8/h1-6,16H. The first-order valence-corrected chi connectivity index (χ1v) is 6.72. The summed E-state index contributed by atoms with van der Waals surface area (Å²) in [5.74, 6) is -0.393. The summed E-state index contributed by atoms with van der Waals surface area (Å²) in [6.45, 7) is 0. The van der Waals surface area contributed by atoms with Gasteiger partial charge in [0, 0.05) is 16.2 Å². The largest absolute Gasteiger partial charge is 0.350 e. The highest BCUT2D eigenvalue weighted by molar-refractivity contribution is 9.10. The molecule has 0 aromatic heterocycles. The summed E-state index contributed by atoms with van der Waals surface area (Å²) in [5, 5.41) is 13.9. The number of nitro groups is 1. The molecule has 2 aromatic rings. The maximum atomic E-state index is 13.1. The Morgan fingerprint density at radius 3 is 2.53 bits per heavy atom. The van der Waals surface area contributed by atoms with Crippen LogP contribution in [0.4, 0.5) is 21.5 Å². The van der Waals surface area contributed by atoms with Crippen LogP contribution in [0.15, 0.2) is 45.3 Å². The Balaban J connectivity index is 2.37. The van der Waals surface area contributed by atoms with Crippen molar-refractivity contribution in [1.82, 2.24) is 0 Å². The van der Waals surface area contributed by atoms with Crippen LogP contribution in [0.2, 0.25) is 0 Å². The fraction of sp³-hybridized carbons (Fsp3) is 0. The van der Waals surface area contributed by atoms with Gasteiger partial charge in [-0.2, -0.15) is 0 Å². The molecule has 0 spiro atoms. The van der Waals surface area contributed by atoms with Crippen molar-refractivity contribution in [1.29, 1.82) is 0 Å². The van der Waals surface area contributed by atoms with Crippen molar-refractivity contribution in [3.05, 3.63) is 61.3 Å². The zero-order valence-corrected chi connectivity index (χ0v) is 12.5. The lowest BCUT2D eigenvalue weighted by atomic mass is 10.2. The second kappa shape index (κ2) is 5.66. The Kier molecular flexibility index (Phi) is 4.16. The van der Waals surface area contributed by atoms with E-state index in [0.717, 1.165) is 0 Å². The molecule has 2 aromatic carbocycles. The Hall–Kier alpha value is -1.47. The minimum Gasteiger partial charge on any atom is -0.350 e. The normalized spacial score (nSPS) is 10.3. The molecule has 2 rings (SSSR count). The first-order valence-electron chi connectivity index (χ1n) is 5.13.